The number of hydrogen-bond acceptors (Lipinski definition) is 5. The largest absolute Gasteiger partial charge is 0.495 e. The molecule has 106 valence electrons. The summed E-state index contributed by atoms with van der Waals surface area (Å²) in [5.41, 5.74) is 6.88. The van der Waals surface area contributed by atoms with Crippen molar-refractivity contribution in [3.05, 3.63) is 29.3 Å². The van der Waals surface area contributed by atoms with Gasteiger partial charge in [-0.2, -0.15) is 5.26 Å². The maximum Gasteiger partial charge on any atom is 0.236 e. The number of hydrogen-bond donors (Lipinski definition) is 2. The SMILES string of the molecule is COc1ccc(CN2CCNCC2C(N)=O)cc1C#N. The van der Waals surface area contributed by atoms with E-state index < -0.39 is 0 Å². The first kappa shape index (κ1) is 14.3. The maximum absolute atomic E-state index is 11.4. The number of benzene rings is 1. The summed E-state index contributed by atoms with van der Waals surface area (Å²) in [5.74, 6) is 0.231. The van der Waals surface area contributed by atoms with Crippen molar-refractivity contribution < 1.29 is 9.53 Å². The molecule has 6 heteroatoms. The highest BCUT2D eigenvalue weighted by molar-refractivity contribution is 5.80. The van der Waals surface area contributed by atoms with Crippen LogP contribution in [0.15, 0.2) is 18.2 Å². The second kappa shape index (κ2) is 6.37. The Morgan fingerprint density at radius 3 is 3.10 bits per heavy atom. The van der Waals surface area contributed by atoms with Gasteiger partial charge in [0.25, 0.3) is 0 Å². The first-order valence-electron chi connectivity index (χ1n) is 6.47. The van der Waals surface area contributed by atoms with Gasteiger partial charge in [-0.3, -0.25) is 9.69 Å². The molecule has 6 nitrogen and oxygen atoms in total. The van der Waals surface area contributed by atoms with Crippen molar-refractivity contribution in [1.82, 2.24) is 10.2 Å². The van der Waals surface area contributed by atoms with E-state index in [1.165, 1.54) is 7.11 Å². The third-order valence-electron chi connectivity index (χ3n) is 3.45. The molecule has 20 heavy (non-hydrogen) atoms. The van der Waals surface area contributed by atoms with Crippen LogP contribution in [0.2, 0.25) is 0 Å². The summed E-state index contributed by atoms with van der Waals surface area (Å²) >= 11 is 0. The zero-order valence-corrected chi connectivity index (χ0v) is 11.4. The number of carbonyl (C=O) groups is 1. The summed E-state index contributed by atoms with van der Waals surface area (Å²) in [7, 11) is 1.54. The zero-order chi connectivity index (χ0) is 14.5. The number of nitrogens with zero attached hydrogens (tertiary/aromatic N) is 2. The van der Waals surface area contributed by atoms with Crippen LogP contribution < -0.4 is 15.8 Å². The van der Waals surface area contributed by atoms with Crippen LogP contribution in [0, 0.1) is 11.3 Å². The van der Waals surface area contributed by atoms with Gasteiger partial charge >= 0.3 is 0 Å². The Labute approximate surface area is 118 Å². The van der Waals surface area contributed by atoms with Crippen molar-refractivity contribution in [1.29, 1.82) is 5.26 Å². The van der Waals surface area contributed by atoms with Gasteiger partial charge in [-0.25, -0.2) is 0 Å². The van der Waals surface area contributed by atoms with Crippen LogP contribution in [0.1, 0.15) is 11.1 Å². The van der Waals surface area contributed by atoms with Crippen LogP contribution in [0.3, 0.4) is 0 Å². The van der Waals surface area contributed by atoms with E-state index in [-0.39, 0.29) is 11.9 Å². The summed E-state index contributed by atoms with van der Waals surface area (Å²) in [5, 5.41) is 12.3. The first-order chi connectivity index (χ1) is 9.65. The van der Waals surface area contributed by atoms with E-state index in [9.17, 15) is 4.79 Å². The molecule has 0 aromatic heterocycles. The van der Waals surface area contributed by atoms with Crippen molar-refractivity contribution in [3.63, 3.8) is 0 Å². The van der Waals surface area contributed by atoms with Crippen LogP contribution in [0.25, 0.3) is 0 Å². The average molecular weight is 274 g/mol. The average Bonchev–Trinajstić information content (AvgIpc) is 2.47. The number of nitrogens with two attached hydrogens (primary N) is 1. The van der Waals surface area contributed by atoms with Crippen molar-refractivity contribution in [3.8, 4) is 11.8 Å². The third kappa shape index (κ3) is 3.07. The molecule has 1 heterocycles. The van der Waals surface area contributed by atoms with Gasteiger partial charge < -0.3 is 15.8 Å². The van der Waals surface area contributed by atoms with Crippen LogP contribution in [0.4, 0.5) is 0 Å². The normalized spacial score (nSPS) is 19.3. The highest BCUT2D eigenvalue weighted by Gasteiger charge is 2.26. The number of nitrogens with one attached hydrogen (secondary N) is 1. The fourth-order valence-electron chi connectivity index (χ4n) is 2.39. The van der Waals surface area contributed by atoms with Crippen molar-refractivity contribution >= 4 is 5.91 Å². The minimum Gasteiger partial charge on any atom is -0.495 e. The van der Waals surface area contributed by atoms with Gasteiger partial charge in [0.15, 0.2) is 0 Å². The summed E-state index contributed by atoms with van der Waals surface area (Å²) < 4.78 is 5.12. The molecule has 1 amide bonds. The van der Waals surface area contributed by atoms with Crippen LogP contribution in [0.5, 0.6) is 5.75 Å². The number of methoxy groups -OCH3 is 1. The van der Waals surface area contributed by atoms with Crippen molar-refractivity contribution in [2.75, 3.05) is 26.7 Å². The molecule has 2 rings (SSSR count). The highest BCUT2D eigenvalue weighted by atomic mass is 16.5. The van der Waals surface area contributed by atoms with Gasteiger partial charge in [-0.1, -0.05) is 6.07 Å². The molecule has 3 N–H and O–H groups in total. The predicted molar refractivity (Wildman–Crippen MR) is 74.0 cm³/mol. The Morgan fingerprint density at radius 1 is 1.65 bits per heavy atom. The van der Waals surface area contributed by atoms with Gasteiger partial charge in [0.1, 0.15) is 17.9 Å². The quantitative estimate of drug-likeness (QED) is 0.795. The molecule has 0 bridgehead atoms. The van der Waals surface area contributed by atoms with Crippen molar-refractivity contribution in [2.45, 2.75) is 12.6 Å². The van der Waals surface area contributed by atoms with E-state index in [1.54, 1.807) is 12.1 Å². The monoisotopic (exact) mass is 274 g/mol. The van der Waals surface area contributed by atoms with E-state index >= 15 is 0 Å². The number of amides is 1. The molecule has 0 radical (unpaired) electrons. The molecule has 1 aromatic carbocycles. The molecule has 1 fully saturated rings. The second-order valence-electron chi connectivity index (χ2n) is 4.74. The van der Waals surface area contributed by atoms with Gasteiger partial charge in [0.2, 0.25) is 5.91 Å². The number of carbonyl (C=O) groups excluding carboxylic acids is 1. The van der Waals surface area contributed by atoms with Crippen LogP contribution >= 0.6 is 0 Å². The first-order valence-corrected chi connectivity index (χ1v) is 6.47. The lowest BCUT2D eigenvalue weighted by Gasteiger charge is -2.34. The zero-order valence-electron chi connectivity index (χ0n) is 11.4. The van der Waals surface area contributed by atoms with Gasteiger partial charge in [0, 0.05) is 26.2 Å². The smallest absolute Gasteiger partial charge is 0.236 e. The summed E-state index contributed by atoms with van der Waals surface area (Å²) in [6.07, 6.45) is 0. The number of piperazine rings is 1. The molecule has 0 aliphatic carbocycles. The van der Waals surface area contributed by atoms with Gasteiger partial charge in [-0.05, 0) is 17.7 Å². The van der Waals surface area contributed by atoms with E-state index in [0.29, 0.717) is 24.4 Å². The van der Waals surface area contributed by atoms with Crippen LogP contribution in [-0.2, 0) is 11.3 Å². The minimum atomic E-state index is -0.328. The number of ether oxygens (including phenoxy) is 1. The van der Waals surface area contributed by atoms with E-state index in [1.807, 2.05) is 11.0 Å². The molecule has 1 aliphatic heterocycles. The Morgan fingerprint density at radius 2 is 2.45 bits per heavy atom. The van der Waals surface area contributed by atoms with Crippen LogP contribution in [-0.4, -0.2) is 43.6 Å². The maximum atomic E-state index is 11.4. The minimum absolute atomic E-state index is 0.309. The molecule has 0 spiro atoms. The number of nitriles is 1. The lowest BCUT2D eigenvalue weighted by Crippen LogP contribution is -2.56. The van der Waals surface area contributed by atoms with E-state index in [0.717, 1.165) is 18.7 Å². The molecular formula is C14H18N4O2. The molecular weight excluding hydrogens is 256 g/mol. The standard InChI is InChI=1S/C14H18N4O2/c1-20-13-3-2-10(6-11(13)7-15)9-18-5-4-17-8-12(18)14(16)19/h2-3,6,12,17H,4-5,8-9H2,1H3,(H2,16,19). The lowest BCUT2D eigenvalue weighted by molar-refractivity contribution is -0.124. The van der Waals surface area contributed by atoms with E-state index in [2.05, 4.69) is 11.4 Å². The molecule has 1 saturated heterocycles. The van der Waals surface area contributed by atoms with E-state index in [4.69, 9.17) is 15.7 Å². The Bertz CT molecular complexity index is 538. The van der Waals surface area contributed by atoms with Gasteiger partial charge in [0.05, 0.1) is 12.7 Å². The lowest BCUT2D eigenvalue weighted by atomic mass is 10.1. The summed E-state index contributed by atoms with van der Waals surface area (Å²) in [6.45, 7) is 2.73. The topological polar surface area (TPSA) is 91.4 Å². The fraction of sp³-hybridized carbons (Fsp3) is 0.429. The summed E-state index contributed by atoms with van der Waals surface area (Å²) in [6, 6.07) is 7.27. The molecule has 1 aliphatic rings. The fourth-order valence-corrected chi connectivity index (χ4v) is 2.39. The summed E-state index contributed by atoms with van der Waals surface area (Å²) in [4.78, 5) is 13.5. The third-order valence-corrected chi connectivity index (χ3v) is 3.45. The molecule has 0 saturated carbocycles. The number of rotatable bonds is 4. The Hall–Kier alpha value is -2.10. The number of primary amides is 1. The van der Waals surface area contributed by atoms with Gasteiger partial charge in [-0.15, -0.1) is 0 Å². The molecule has 1 atom stereocenters. The van der Waals surface area contributed by atoms with Crippen molar-refractivity contribution in [2.24, 2.45) is 5.73 Å². The highest BCUT2D eigenvalue weighted by Crippen LogP contribution is 2.20. The Balaban J connectivity index is 2.16. The Kier molecular flexibility index (Phi) is 4.56. The molecule has 1 aromatic rings. The second-order valence-corrected chi connectivity index (χ2v) is 4.74. The predicted octanol–water partition coefficient (Wildman–Crippen LogP) is -0.174. The molecule has 1 unspecified atom stereocenters.